The number of likely N-dealkylation sites (tertiary alicyclic amines) is 1. The van der Waals surface area contributed by atoms with E-state index in [4.69, 9.17) is 15.2 Å². The molecule has 6 nitrogen and oxygen atoms in total. The lowest BCUT2D eigenvalue weighted by Gasteiger charge is -2.31. The summed E-state index contributed by atoms with van der Waals surface area (Å²) in [6.07, 6.45) is 4.59. The van der Waals surface area contributed by atoms with Crippen molar-refractivity contribution in [2.24, 2.45) is 22.6 Å². The normalized spacial score (nSPS) is 15.8. The number of ether oxygens (including phenoxy) is 2. The van der Waals surface area contributed by atoms with Crippen LogP contribution < -0.4 is 20.5 Å². The fourth-order valence-electron chi connectivity index (χ4n) is 3.49. The molecular formula is C22H39IN4O2. The SMILES string of the molecule is COc1ccc(CCNC(N)=NCC2CCN(CCC(C)C)CC2)cc1OC.I. The van der Waals surface area contributed by atoms with Crippen LogP contribution in [0, 0.1) is 11.8 Å². The molecule has 0 unspecified atom stereocenters. The number of guanidine groups is 1. The number of piperidine rings is 1. The quantitative estimate of drug-likeness (QED) is 0.282. The summed E-state index contributed by atoms with van der Waals surface area (Å²) in [5.41, 5.74) is 7.22. The highest BCUT2D eigenvalue weighted by atomic mass is 127. The van der Waals surface area contributed by atoms with Gasteiger partial charge in [-0.15, -0.1) is 24.0 Å². The number of benzene rings is 1. The molecule has 29 heavy (non-hydrogen) atoms. The molecule has 166 valence electrons. The third kappa shape index (κ3) is 9.42. The number of hydrogen-bond donors (Lipinski definition) is 2. The van der Waals surface area contributed by atoms with E-state index in [1.54, 1.807) is 14.2 Å². The molecule has 7 heteroatoms. The predicted octanol–water partition coefficient (Wildman–Crippen LogP) is 3.53. The van der Waals surface area contributed by atoms with Crippen LogP contribution in [0.3, 0.4) is 0 Å². The van der Waals surface area contributed by atoms with Crippen molar-refractivity contribution in [2.75, 3.05) is 46.9 Å². The van der Waals surface area contributed by atoms with Crippen molar-refractivity contribution in [1.82, 2.24) is 10.2 Å². The molecule has 0 atom stereocenters. The van der Waals surface area contributed by atoms with E-state index in [9.17, 15) is 0 Å². The zero-order valence-corrected chi connectivity index (χ0v) is 20.8. The molecule has 1 aliphatic heterocycles. The van der Waals surface area contributed by atoms with Crippen molar-refractivity contribution in [3.63, 3.8) is 0 Å². The maximum absolute atomic E-state index is 6.05. The zero-order valence-electron chi connectivity index (χ0n) is 18.4. The van der Waals surface area contributed by atoms with Gasteiger partial charge in [-0.1, -0.05) is 19.9 Å². The summed E-state index contributed by atoms with van der Waals surface area (Å²) >= 11 is 0. The summed E-state index contributed by atoms with van der Waals surface area (Å²) in [7, 11) is 3.30. The lowest BCUT2D eigenvalue weighted by molar-refractivity contribution is 0.180. The van der Waals surface area contributed by atoms with Crippen LogP contribution in [0.25, 0.3) is 0 Å². The molecule has 1 heterocycles. The number of hydrogen-bond acceptors (Lipinski definition) is 4. The van der Waals surface area contributed by atoms with Crippen LogP contribution in [0.1, 0.15) is 38.7 Å². The van der Waals surface area contributed by atoms with E-state index in [-0.39, 0.29) is 24.0 Å². The van der Waals surface area contributed by atoms with Gasteiger partial charge in [0.25, 0.3) is 0 Å². The van der Waals surface area contributed by atoms with E-state index in [0.29, 0.717) is 11.9 Å². The van der Waals surface area contributed by atoms with Gasteiger partial charge in [-0.3, -0.25) is 4.99 Å². The average Bonchev–Trinajstić information content (AvgIpc) is 2.71. The molecule has 0 aromatic heterocycles. The number of methoxy groups -OCH3 is 2. The molecule has 1 aliphatic rings. The molecule has 0 bridgehead atoms. The summed E-state index contributed by atoms with van der Waals surface area (Å²) in [5.74, 6) is 3.48. The Kier molecular flexibility index (Phi) is 12.4. The lowest BCUT2D eigenvalue weighted by Crippen LogP contribution is -2.37. The number of nitrogens with one attached hydrogen (secondary N) is 1. The first-order valence-electron chi connectivity index (χ1n) is 10.5. The van der Waals surface area contributed by atoms with Crippen molar-refractivity contribution in [3.8, 4) is 11.5 Å². The van der Waals surface area contributed by atoms with Gasteiger partial charge >= 0.3 is 0 Å². The Bertz CT molecular complexity index is 617. The molecule has 0 spiro atoms. The molecule has 1 fully saturated rings. The van der Waals surface area contributed by atoms with E-state index >= 15 is 0 Å². The Morgan fingerprint density at radius 3 is 2.52 bits per heavy atom. The molecule has 1 aromatic carbocycles. The number of nitrogens with zero attached hydrogens (tertiary/aromatic N) is 2. The third-order valence-electron chi connectivity index (χ3n) is 5.42. The Balaban J connectivity index is 0.00000420. The van der Waals surface area contributed by atoms with Crippen LogP contribution in [-0.4, -0.2) is 57.8 Å². The van der Waals surface area contributed by atoms with Gasteiger partial charge in [-0.05, 0) is 74.8 Å². The standard InChI is InChI=1S/C22H38N4O2.HI/c1-17(2)8-12-26-13-9-19(10-14-26)16-25-22(23)24-11-7-18-5-6-20(27-3)21(15-18)28-4;/h5-6,15,17,19H,7-14,16H2,1-4H3,(H3,23,24,25);1H. The minimum Gasteiger partial charge on any atom is -0.493 e. The minimum atomic E-state index is 0. The first-order valence-corrected chi connectivity index (χ1v) is 10.5. The minimum absolute atomic E-state index is 0. The van der Waals surface area contributed by atoms with Crippen molar-refractivity contribution >= 4 is 29.9 Å². The number of rotatable bonds is 10. The van der Waals surface area contributed by atoms with Gasteiger partial charge in [-0.2, -0.15) is 0 Å². The highest BCUT2D eigenvalue weighted by Crippen LogP contribution is 2.27. The Morgan fingerprint density at radius 1 is 1.21 bits per heavy atom. The van der Waals surface area contributed by atoms with Crippen LogP contribution in [0.5, 0.6) is 11.5 Å². The van der Waals surface area contributed by atoms with Crippen molar-refractivity contribution in [1.29, 1.82) is 0 Å². The highest BCUT2D eigenvalue weighted by molar-refractivity contribution is 14.0. The number of nitrogens with two attached hydrogens (primary N) is 1. The van der Waals surface area contributed by atoms with E-state index in [0.717, 1.165) is 36.9 Å². The zero-order chi connectivity index (χ0) is 20.4. The van der Waals surface area contributed by atoms with Crippen LogP contribution in [-0.2, 0) is 6.42 Å². The Labute approximate surface area is 193 Å². The monoisotopic (exact) mass is 518 g/mol. The van der Waals surface area contributed by atoms with E-state index in [2.05, 4.69) is 29.1 Å². The van der Waals surface area contributed by atoms with Crippen LogP contribution in [0.15, 0.2) is 23.2 Å². The molecule has 0 amide bonds. The summed E-state index contributed by atoms with van der Waals surface area (Å²) in [6, 6.07) is 5.98. The van der Waals surface area contributed by atoms with Crippen LogP contribution >= 0.6 is 24.0 Å². The maximum atomic E-state index is 6.05. The molecule has 0 aliphatic carbocycles. The lowest BCUT2D eigenvalue weighted by atomic mass is 9.96. The molecule has 0 saturated carbocycles. The Hall–Kier alpha value is -1.22. The summed E-state index contributed by atoms with van der Waals surface area (Å²) < 4.78 is 10.6. The first kappa shape index (κ1) is 25.8. The second-order valence-electron chi connectivity index (χ2n) is 8.06. The van der Waals surface area contributed by atoms with Crippen LogP contribution in [0.2, 0.25) is 0 Å². The summed E-state index contributed by atoms with van der Waals surface area (Å²) in [6.45, 7) is 9.78. The van der Waals surface area contributed by atoms with Crippen molar-refractivity contribution in [2.45, 2.75) is 39.5 Å². The van der Waals surface area contributed by atoms with Crippen LogP contribution in [0.4, 0.5) is 0 Å². The largest absolute Gasteiger partial charge is 0.493 e. The van der Waals surface area contributed by atoms with Gasteiger partial charge in [0.1, 0.15) is 0 Å². The van der Waals surface area contributed by atoms with Gasteiger partial charge in [0.2, 0.25) is 0 Å². The molecule has 2 rings (SSSR count). The van der Waals surface area contributed by atoms with Crippen molar-refractivity contribution < 1.29 is 9.47 Å². The number of aliphatic imine (C=N–C) groups is 1. The third-order valence-corrected chi connectivity index (χ3v) is 5.42. The van der Waals surface area contributed by atoms with E-state index in [1.165, 1.54) is 44.5 Å². The molecule has 1 saturated heterocycles. The molecule has 0 radical (unpaired) electrons. The topological polar surface area (TPSA) is 72.1 Å². The van der Waals surface area contributed by atoms with E-state index < -0.39 is 0 Å². The van der Waals surface area contributed by atoms with Gasteiger partial charge < -0.3 is 25.4 Å². The number of halogens is 1. The van der Waals surface area contributed by atoms with Gasteiger partial charge in [0.05, 0.1) is 14.2 Å². The highest BCUT2D eigenvalue weighted by Gasteiger charge is 2.18. The second-order valence-corrected chi connectivity index (χ2v) is 8.06. The first-order chi connectivity index (χ1) is 13.5. The molecule has 3 N–H and O–H groups in total. The summed E-state index contributed by atoms with van der Waals surface area (Å²) in [5, 5.41) is 3.22. The van der Waals surface area contributed by atoms with Gasteiger partial charge in [0.15, 0.2) is 17.5 Å². The average molecular weight is 518 g/mol. The second kappa shape index (κ2) is 13.9. The maximum Gasteiger partial charge on any atom is 0.188 e. The fraction of sp³-hybridized carbons (Fsp3) is 0.682. The predicted molar refractivity (Wildman–Crippen MR) is 132 cm³/mol. The van der Waals surface area contributed by atoms with Gasteiger partial charge in [0, 0.05) is 13.1 Å². The summed E-state index contributed by atoms with van der Waals surface area (Å²) in [4.78, 5) is 7.15. The Morgan fingerprint density at radius 2 is 1.90 bits per heavy atom. The molecular weight excluding hydrogens is 479 g/mol. The molecule has 1 aromatic rings. The van der Waals surface area contributed by atoms with E-state index in [1.807, 2.05) is 18.2 Å². The fourth-order valence-corrected chi connectivity index (χ4v) is 3.49. The van der Waals surface area contributed by atoms with Gasteiger partial charge in [-0.25, -0.2) is 0 Å². The van der Waals surface area contributed by atoms with Crippen molar-refractivity contribution in [3.05, 3.63) is 23.8 Å². The smallest absolute Gasteiger partial charge is 0.188 e.